The van der Waals surface area contributed by atoms with E-state index in [2.05, 4.69) is 38.5 Å². The van der Waals surface area contributed by atoms with Gasteiger partial charge in [0.1, 0.15) is 0 Å². The van der Waals surface area contributed by atoms with Crippen molar-refractivity contribution in [2.24, 2.45) is 0 Å². The van der Waals surface area contributed by atoms with Gasteiger partial charge in [0.25, 0.3) is 0 Å². The van der Waals surface area contributed by atoms with Crippen molar-refractivity contribution in [3.63, 3.8) is 0 Å². The number of halogens is 2. The van der Waals surface area contributed by atoms with Gasteiger partial charge in [-0.1, -0.05) is 50.7 Å². The van der Waals surface area contributed by atoms with Crippen LogP contribution in [0.4, 0.5) is 0 Å². The zero-order chi connectivity index (χ0) is 9.14. The minimum atomic E-state index is 0.0388. The van der Waals surface area contributed by atoms with E-state index in [9.17, 15) is 4.79 Å². The van der Waals surface area contributed by atoms with Crippen molar-refractivity contribution in [3.8, 4) is 0 Å². The van der Waals surface area contributed by atoms with E-state index in [1.807, 2.05) is 31.2 Å². The monoisotopic (exact) mass is 338 g/mol. The number of ketones is 1. The number of carbonyl (C=O) groups is 1. The molecule has 0 saturated carbocycles. The van der Waals surface area contributed by atoms with Crippen LogP contribution in [0.1, 0.15) is 17.3 Å². The average Bonchev–Trinajstić information content (AvgIpc) is 2.03. The van der Waals surface area contributed by atoms with Crippen LogP contribution in [-0.4, -0.2) is 9.71 Å². The van der Waals surface area contributed by atoms with Gasteiger partial charge in [-0.15, -0.1) is 0 Å². The molecule has 1 atom stereocenters. The molecule has 0 saturated heterocycles. The highest BCUT2D eigenvalue weighted by atomic mass is 127. The molecule has 0 aliphatic rings. The Labute approximate surface area is 93.8 Å². The van der Waals surface area contributed by atoms with Gasteiger partial charge in [0.2, 0.25) is 0 Å². The molecule has 1 unspecified atom stereocenters. The minimum absolute atomic E-state index is 0.0388. The van der Waals surface area contributed by atoms with E-state index in [0.717, 1.165) is 10.0 Å². The maximum absolute atomic E-state index is 11.5. The van der Waals surface area contributed by atoms with E-state index in [0.29, 0.717) is 0 Å². The summed E-state index contributed by atoms with van der Waals surface area (Å²) in [7, 11) is 0. The molecule has 0 N–H and O–H groups in total. The van der Waals surface area contributed by atoms with Crippen molar-refractivity contribution in [3.05, 3.63) is 34.3 Å². The number of hydrogen-bond donors (Lipinski definition) is 0. The fourth-order valence-electron chi connectivity index (χ4n) is 0.871. The van der Waals surface area contributed by atoms with Crippen LogP contribution in [0.5, 0.6) is 0 Å². The van der Waals surface area contributed by atoms with Crippen LogP contribution in [0.2, 0.25) is 0 Å². The maximum atomic E-state index is 11.5. The molecule has 0 aliphatic heterocycles. The van der Waals surface area contributed by atoms with Gasteiger partial charge in [-0.25, -0.2) is 0 Å². The molecule has 0 aliphatic carbocycles. The molecule has 0 spiro atoms. The molecule has 0 fully saturated rings. The predicted octanol–water partition coefficient (Wildman–Crippen LogP) is 3.46. The zero-order valence-corrected chi connectivity index (χ0v) is 10.3. The third-order valence-corrected chi connectivity index (χ3v) is 2.53. The van der Waals surface area contributed by atoms with Gasteiger partial charge >= 0.3 is 0 Å². The first kappa shape index (κ1) is 10.2. The number of carbonyl (C=O) groups excluding carboxylic acids is 1. The van der Waals surface area contributed by atoms with Gasteiger partial charge in [0.05, 0.1) is 3.92 Å². The lowest BCUT2D eigenvalue weighted by Crippen LogP contribution is -2.09. The van der Waals surface area contributed by atoms with E-state index in [4.69, 9.17) is 0 Å². The largest absolute Gasteiger partial charge is 0.293 e. The summed E-state index contributed by atoms with van der Waals surface area (Å²) in [6.07, 6.45) is 0. The van der Waals surface area contributed by atoms with Crippen LogP contribution in [0, 0.1) is 0 Å². The molecule has 12 heavy (non-hydrogen) atoms. The van der Waals surface area contributed by atoms with E-state index in [1.165, 1.54) is 0 Å². The number of rotatable bonds is 2. The Bertz CT molecular complexity index is 296. The standard InChI is InChI=1S/C9H8BrIO/c1-6(11)9(12)7-3-2-4-8(10)5-7/h2-6H,1H3. The Hall–Kier alpha value is 0.1000. The van der Waals surface area contributed by atoms with Crippen LogP contribution in [0.3, 0.4) is 0 Å². The Morgan fingerprint density at radius 2 is 2.25 bits per heavy atom. The fourth-order valence-corrected chi connectivity index (χ4v) is 1.63. The van der Waals surface area contributed by atoms with Crippen molar-refractivity contribution in [1.82, 2.24) is 0 Å². The summed E-state index contributed by atoms with van der Waals surface area (Å²) in [6.45, 7) is 1.89. The Kier molecular flexibility index (Phi) is 3.71. The van der Waals surface area contributed by atoms with E-state index in [-0.39, 0.29) is 9.71 Å². The summed E-state index contributed by atoms with van der Waals surface area (Å²) in [4.78, 5) is 11.5. The SMILES string of the molecule is CC(I)C(=O)c1cccc(Br)c1. The smallest absolute Gasteiger partial charge is 0.175 e. The second-order valence-corrected chi connectivity index (χ2v) is 5.27. The number of alkyl halides is 1. The predicted molar refractivity (Wildman–Crippen MR) is 62.0 cm³/mol. The van der Waals surface area contributed by atoms with Crippen molar-refractivity contribution in [1.29, 1.82) is 0 Å². The molecule has 1 rings (SSSR count). The van der Waals surface area contributed by atoms with Crippen LogP contribution in [0.25, 0.3) is 0 Å². The molecule has 0 heterocycles. The third-order valence-electron chi connectivity index (χ3n) is 1.47. The molecule has 1 aromatic carbocycles. The van der Waals surface area contributed by atoms with E-state index >= 15 is 0 Å². The molecule has 3 heteroatoms. The van der Waals surface area contributed by atoms with Gasteiger partial charge in [-0.2, -0.15) is 0 Å². The Morgan fingerprint density at radius 1 is 1.58 bits per heavy atom. The van der Waals surface area contributed by atoms with Crippen LogP contribution < -0.4 is 0 Å². The molecule has 0 amide bonds. The van der Waals surface area contributed by atoms with Crippen LogP contribution in [0.15, 0.2) is 28.7 Å². The van der Waals surface area contributed by atoms with E-state index in [1.54, 1.807) is 0 Å². The highest BCUT2D eigenvalue weighted by molar-refractivity contribution is 14.1. The first-order valence-corrected chi connectivity index (χ1v) is 5.59. The lowest BCUT2D eigenvalue weighted by atomic mass is 10.1. The zero-order valence-electron chi connectivity index (χ0n) is 6.55. The Balaban J connectivity index is 2.96. The van der Waals surface area contributed by atoms with E-state index < -0.39 is 0 Å². The lowest BCUT2D eigenvalue weighted by molar-refractivity contribution is 0.0998. The van der Waals surface area contributed by atoms with Gasteiger partial charge in [-0.05, 0) is 19.1 Å². The molecular weight excluding hydrogens is 331 g/mol. The molecule has 0 aromatic heterocycles. The second-order valence-electron chi connectivity index (χ2n) is 2.49. The van der Waals surface area contributed by atoms with Crippen molar-refractivity contribution < 1.29 is 4.79 Å². The summed E-state index contributed by atoms with van der Waals surface area (Å²) in [5, 5.41) is 0. The van der Waals surface area contributed by atoms with Gasteiger partial charge in [-0.3, -0.25) is 4.79 Å². The normalized spacial score (nSPS) is 12.6. The van der Waals surface area contributed by atoms with Crippen molar-refractivity contribution >= 4 is 44.3 Å². The number of hydrogen-bond acceptors (Lipinski definition) is 1. The van der Waals surface area contributed by atoms with Crippen molar-refractivity contribution in [2.45, 2.75) is 10.8 Å². The van der Waals surface area contributed by atoms with Gasteiger partial charge in [0, 0.05) is 10.0 Å². The quantitative estimate of drug-likeness (QED) is 0.458. The van der Waals surface area contributed by atoms with Crippen LogP contribution >= 0.6 is 38.5 Å². The second kappa shape index (κ2) is 4.37. The first-order valence-electron chi connectivity index (χ1n) is 3.55. The number of Topliss-reactive ketones (excluding diaryl/α,β-unsaturated/α-hetero) is 1. The first-order chi connectivity index (χ1) is 5.61. The lowest BCUT2D eigenvalue weighted by Gasteiger charge is -2.02. The highest BCUT2D eigenvalue weighted by Crippen LogP contribution is 2.15. The summed E-state index contributed by atoms with van der Waals surface area (Å²) in [5.74, 6) is 0.178. The fraction of sp³-hybridized carbons (Fsp3) is 0.222. The summed E-state index contributed by atoms with van der Waals surface area (Å²) in [5.41, 5.74) is 0.770. The highest BCUT2D eigenvalue weighted by Gasteiger charge is 2.10. The molecular formula is C9H8BrIO. The third kappa shape index (κ3) is 2.55. The molecule has 1 aromatic rings. The minimum Gasteiger partial charge on any atom is -0.293 e. The molecule has 0 bridgehead atoms. The van der Waals surface area contributed by atoms with Crippen molar-refractivity contribution in [2.75, 3.05) is 0 Å². The Morgan fingerprint density at radius 3 is 2.75 bits per heavy atom. The number of benzene rings is 1. The molecule has 1 nitrogen and oxygen atoms in total. The molecule has 0 radical (unpaired) electrons. The molecule has 64 valence electrons. The summed E-state index contributed by atoms with van der Waals surface area (Å²) < 4.78 is 0.988. The maximum Gasteiger partial charge on any atom is 0.175 e. The summed E-state index contributed by atoms with van der Waals surface area (Å²) in [6, 6.07) is 7.46. The topological polar surface area (TPSA) is 17.1 Å². The van der Waals surface area contributed by atoms with Crippen LogP contribution in [-0.2, 0) is 0 Å². The van der Waals surface area contributed by atoms with Gasteiger partial charge in [0.15, 0.2) is 5.78 Å². The summed E-state index contributed by atoms with van der Waals surface area (Å²) >= 11 is 5.44. The average molecular weight is 339 g/mol. The van der Waals surface area contributed by atoms with Gasteiger partial charge < -0.3 is 0 Å².